The summed E-state index contributed by atoms with van der Waals surface area (Å²) in [6.45, 7) is 0. The Balaban J connectivity index is 2.24. The van der Waals surface area contributed by atoms with Crippen molar-refractivity contribution in [2.45, 2.75) is 6.42 Å². The molecule has 0 spiro atoms. The van der Waals surface area contributed by atoms with Crippen LogP contribution in [0.15, 0.2) is 36.4 Å². The molecule has 0 saturated heterocycles. The lowest BCUT2D eigenvalue weighted by molar-refractivity contribution is -0.151. The van der Waals surface area contributed by atoms with Crippen molar-refractivity contribution in [3.05, 3.63) is 42.0 Å². The fourth-order valence-corrected chi connectivity index (χ4v) is 1.96. The summed E-state index contributed by atoms with van der Waals surface area (Å²) < 4.78 is 9.42. The fourth-order valence-electron chi connectivity index (χ4n) is 1.96. The summed E-state index contributed by atoms with van der Waals surface area (Å²) in [5.41, 5.74) is 0.380. The molecule has 0 aliphatic heterocycles. The standard InChI is InChI=1S/C16H14O5/c1-20-13-6-5-10-7-12(4-3-11(10)8-13)14(17)9-15(18)16(19)21-2/h3-8H,9H2,1-2H3. The number of methoxy groups -OCH3 is 2. The number of Topliss-reactive ketones (excluding diaryl/α,β-unsaturated/α-hetero) is 2. The number of hydrogen-bond acceptors (Lipinski definition) is 5. The molecule has 5 nitrogen and oxygen atoms in total. The average molecular weight is 286 g/mol. The molecule has 0 N–H and O–H groups in total. The van der Waals surface area contributed by atoms with Crippen molar-refractivity contribution in [3.63, 3.8) is 0 Å². The SMILES string of the molecule is COC(=O)C(=O)CC(=O)c1ccc2cc(OC)ccc2c1. The Kier molecular flexibility index (Phi) is 4.33. The van der Waals surface area contributed by atoms with Crippen molar-refractivity contribution < 1.29 is 23.9 Å². The lowest BCUT2D eigenvalue weighted by atomic mass is 10.0. The number of ketones is 2. The molecule has 0 atom stereocenters. The van der Waals surface area contributed by atoms with Crippen LogP contribution in [-0.4, -0.2) is 31.8 Å². The Bertz CT molecular complexity index is 718. The van der Waals surface area contributed by atoms with Crippen molar-refractivity contribution >= 4 is 28.3 Å². The minimum atomic E-state index is -1.01. The van der Waals surface area contributed by atoms with Crippen LogP contribution in [0.5, 0.6) is 5.75 Å². The zero-order valence-corrected chi connectivity index (χ0v) is 11.7. The van der Waals surface area contributed by atoms with Gasteiger partial charge in [0.25, 0.3) is 0 Å². The second kappa shape index (κ2) is 6.17. The number of fused-ring (bicyclic) bond motifs is 1. The summed E-state index contributed by atoms with van der Waals surface area (Å²) in [5.74, 6) is -1.54. The lowest BCUT2D eigenvalue weighted by Crippen LogP contribution is -2.19. The Morgan fingerprint density at radius 2 is 1.62 bits per heavy atom. The largest absolute Gasteiger partial charge is 0.497 e. The molecule has 0 saturated carbocycles. The quantitative estimate of drug-likeness (QED) is 0.364. The van der Waals surface area contributed by atoms with Gasteiger partial charge in [0.1, 0.15) is 5.75 Å². The molecule has 0 aliphatic carbocycles. The summed E-state index contributed by atoms with van der Waals surface area (Å²) in [5, 5.41) is 1.78. The summed E-state index contributed by atoms with van der Waals surface area (Å²) in [4.78, 5) is 34.4. The third kappa shape index (κ3) is 3.25. The van der Waals surface area contributed by atoms with Gasteiger partial charge >= 0.3 is 5.97 Å². The van der Waals surface area contributed by atoms with Crippen molar-refractivity contribution in [2.24, 2.45) is 0 Å². The van der Waals surface area contributed by atoms with E-state index in [-0.39, 0.29) is 0 Å². The highest BCUT2D eigenvalue weighted by atomic mass is 16.5. The molecule has 0 bridgehead atoms. The fraction of sp³-hybridized carbons (Fsp3) is 0.188. The average Bonchev–Trinajstić information content (AvgIpc) is 2.52. The van der Waals surface area contributed by atoms with E-state index in [9.17, 15) is 14.4 Å². The molecule has 0 fully saturated rings. The van der Waals surface area contributed by atoms with Crippen molar-refractivity contribution in [3.8, 4) is 5.75 Å². The van der Waals surface area contributed by atoms with E-state index >= 15 is 0 Å². The van der Waals surface area contributed by atoms with Gasteiger partial charge in [-0.1, -0.05) is 18.2 Å². The molecule has 0 radical (unpaired) electrons. The van der Waals surface area contributed by atoms with Gasteiger partial charge in [-0.15, -0.1) is 0 Å². The summed E-state index contributed by atoms with van der Waals surface area (Å²) in [6, 6.07) is 10.5. The molecule has 5 heteroatoms. The van der Waals surface area contributed by atoms with E-state index in [1.165, 1.54) is 0 Å². The number of carbonyl (C=O) groups excluding carboxylic acids is 3. The molecule has 0 unspecified atom stereocenters. The van der Waals surface area contributed by atoms with E-state index in [0.29, 0.717) is 5.56 Å². The maximum Gasteiger partial charge on any atom is 0.374 e. The van der Waals surface area contributed by atoms with E-state index in [4.69, 9.17) is 4.74 Å². The lowest BCUT2D eigenvalue weighted by Gasteiger charge is -2.05. The summed E-state index contributed by atoms with van der Waals surface area (Å²) in [6.07, 6.45) is -0.492. The van der Waals surface area contributed by atoms with Crippen LogP contribution in [0.3, 0.4) is 0 Å². The van der Waals surface area contributed by atoms with Crippen LogP contribution in [0.1, 0.15) is 16.8 Å². The Morgan fingerprint density at radius 3 is 2.29 bits per heavy atom. The maximum absolute atomic E-state index is 12.0. The zero-order chi connectivity index (χ0) is 15.4. The third-order valence-electron chi connectivity index (χ3n) is 3.10. The summed E-state index contributed by atoms with van der Waals surface area (Å²) in [7, 11) is 2.69. The van der Waals surface area contributed by atoms with Crippen LogP contribution < -0.4 is 4.74 Å². The molecule has 0 aromatic heterocycles. The normalized spacial score (nSPS) is 10.2. The predicted molar refractivity (Wildman–Crippen MR) is 76.5 cm³/mol. The van der Waals surface area contributed by atoms with Gasteiger partial charge in [-0.25, -0.2) is 4.79 Å². The molecule has 2 rings (SSSR count). The minimum Gasteiger partial charge on any atom is -0.497 e. The van der Waals surface area contributed by atoms with E-state index in [2.05, 4.69) is 4.74 Å². The van der Waals surface area contributed by atoms with Crippen LogP contribution in [-0.2, 0) is 14.3 Å². The highest BCUT2D eigenvalue weighted by Crippen LogP contribution is 2.22. The van der Waals surface area contributed by atoms with Gasteiger partial charge in [0.05, 0.1) is 20.6 Å². The monoisotopic (exact) mass is 286 g/mol. The maximum atomic E-state index is 12.0. The minimum absolute atomic E-state index is 0.380. The van der Waals surface area contributed by atoms with Crippen molar-refractivity contribution in [2.75, 3.05) is 14.2 Å². The first-order valence-electron chi connectivity index (χ1n) is 6.27. The molecule has 2 aromatic rings. The summed E-state index contributed by atoms with van der Waals surface area (Å²) >= 11 is 0. The number of carbonyl (C=O) groups is 3. The molecule has 0 aliphatic rings. The van der Waals surface area contributed by atoms with E-state index in [1.807, 2.05) is 12.1 Å². The van der Waals surface area contributed by atoms with E-state index < -0.39 is 24.0 Å². The molecule has 0 heterocycles. The van der Waals surface area contributed by atoms with Gasteiger partial charge in [0.2, 0.25) is 5.78 Å². The topological polar surface area (TPSA) is 69.7 Å². The highest BCUT2D eigenvalue weighted by molar-refractivity contribution is 6.38. The van der Waals surface area contributed by atoms with Crippen LogP contribution in [0.25, 0.3) is 10.8 Å². The van der Waals surface area contributed by atoms with Crippen LogP contribution in [0, 0.1) is 0 Å². The number of benzene rings is 2. The van der Waals surface area contributed by atoms with Crippen LogP contribution in [0.2, 0.25) is 0 Å². The zero-order valence-electron chi connectivity index (χ0n) is 11.7. The predicted octanol–water partition coefficient (Wildman–Crippen LogP) is 2.16. The smallest absolute Gasteiger partial charge is 0.374 e. The first-order valence-corrected chi connectivity index (χ1v) is 6.27. The van der Waals surface area contributed by atoms with E-state index in [1.54, 1.807) is 31.4 Å². The number of esters is 1. The van der Waals surface area contributed by atoms with Gasteiger partial charge in [-0.05, 0) is 29.0 Å². The molecule has 2 aromatic carbocycles. The van der Waals surface area contributed by atoms with Crippen molar-refractivity contribution in [1.82, 2.24) is 0 Å². The number of hydrogen-bond donors (Lipinski definition) is 0. The Hall–Kier alpha value is -2.69. The van der Waals surface area contributed by atoms with Gasteiger partial charge in [0.15, 0.2) is 5.78 Å². The van der Waals surface area contributed by atoms with Gasteiger partial charge < -0.3 is 9.47 Å². The Labute approximate surface area is 121 Å². The van der Waals surface area contributed by atoms with Gasteiger partial charge in [-0.2, -0.15) is 0 Å². The van der Waals surface area contributed by atoms with E-state index in [0.717, 1.165) is 23.6 Å². The van der Waals surface area contributed by atoms with Crippen LogP contribution in [0.4, 0.5) is 0 Å². The first kappa shape index (κ1) is 14.7. The number of ether oxygens (including phenoxy) is 2. The first-order chi connectivity index (χ1) is 10.0. The second-order valence-corrected chi connectivity index (χ2v) is 4.44. The van der Waals surface area contributed by atoms with Crippen molar-refractivity contribution in [1.29, 1.82) is 0 Å². The molecular formula is C16H14O5. The molecular weight excluding hydrogens is 272 g/mol. The molecule has 0 amide bonds. The third-order valence-corrected chi connectivity index (χ3v) is 3.10. The van der Waals surface area contributed by atoms with Crippen LogP contribution >= 0.6 is 0 Å². The second-order valence-electron chi connectivity index (χ2n) is 4.44. The molecule has 108 valence electrons. The van der Waals surface area contributed by atoms with Gasteiger partial charge in [-0.3, -0.25) is 9.59 Å². The van der Waals surface area contributed by atoms with Gasteiger partial charge in [0, 0.05) is 5.56 Å². The molecule has 21 heavy (non-hydrogen) atoms. The highest BCUT2D eigenvalue weighted by Gasteiger charge is 2.19. The Morgan fingerprint density at radius 1 is 0.952 bits per heavy atom. The number of rotatable bonds is 5.